The third-order valence-corrected chi connectivity index (χ3v) is 6.21. The molecular weight excluding hydrogens is 414 g/mol. The lowest BCUT2D eigenvalue weighted by atomic mass is 9.97. The van der Waals surface area contributed by atoms with E-state index >= 15 is 0 Å². The summed E-state index contributed by atoms with van der Waals surface area (Å²) in [6, 6.07) is 18.8. The normalized spacial score (nSPS) is 15.5. The molecule has 0 bridgehead atoms. The topological polar surface area (TPSA) is 71.4 Å². The second kappa shape index (κ2) is 9.86. The molecule has 2 heterocycles. The van der Waals surface area contributed by atoms with Gasteiger partial charge in [-0.15, -0.1) is 0 Å². The van der Waals surface area contributed by atoms with Gasteiger partial charge < -0.3 is 14.8 Å². The van der Waals surface area contributed by atoms with E-state index in [2.05, 4.69) is 37.4 Å². The van der Waals surface area contributed by atoms with E-state index in [0.717, 1.165) is 18.4 Å². The van der Waals surface area contributed by atoms with Crippen LogP contribution in [0, 0.1) is 13.8 Å². The predicted octanol–water partition coefficient (Wildman–Crippen LogP) is 3.76. The van der Waals surface area contributed by atoms with Gasteiger partial charge in [-0.2, -0.15) is 0 Å². The van der Waals surface area contributed by atoms with E-state index in [-0.39, 0.29) is 30.0 Å². The average molecular weight is 444 g/mol. The molecule has 6 heteroatoms. The minimum atomic E-state index is -0.301. The fraction of sp³-hybridized carbons (Fsp3) is 0.296. The first-order valence-corrected chi connectivity index (χ1v) is 11.3. The number of amides is 2. The van der Waals surface area contributed by atoms with E-state index < -0.39 is 0 Å². The molecule has 2 amide bonds. The van der Waals surface area contributed by atoms with Crippen LogP contribution in [0.3, 0.4) is 0 Å². The zero-order valence-corrected chi connectivity index (χ0v) is 19.1. The Morgan fingerprint density at radius 3 is 2.61 bits per heavy atom. The van der Waals surface area contributed by atoms with Crippen molar-refractivity contribution in [1.29, 1.82) is 0 Å². The molecule has 1 N–H and O–H groups in total. The Labute approximate surface area is 193 Å². The van der Waals surface area contributed by atoms with E-state index in [9.17, 15) is 14.4 Å². The van der Waals surface area contributed by atoms with Crippen LogP contribution in [0.4, 0.5) is 0 Å². The number of hydrogen-bond acceptors (Lipinski definition) is 3. The molecule has 0 saturated carbocycles. The van der Waals surface area contributed by atoms with Crippen LogP contribution in [0.15, 0.2) is 71.7 Å². The van der Waals surface area contributed by atoms with Crippen molar-refractivity contribution < 1.29 is 9.59 Å². The lowest BCUT2D eigenvalue weighted by Gasteiger charge is -2.27. The van der Waals surface area contributed by atoms with Crippen LogP contribution in [0.2, 0.25) is 0 Å². The summed E-state index contributed by atoms with van der Waals surface area (Å²) < 4.78 is 1.33. The monoisotopic (exact) mass is 443 g/mol. The molecule has 1 aromatic heterocycles. The molecule has 0 unspecified atom stereocenters. The molecule has 1 aliphatic rings. The number of hydrogen-bond donors (Lipinski definition) is 1. The zero-order chi connectivity index (χ0) is 23.4. The Morgan fingerprint density at radius 1 is 1.03 bits per heavy atom. The van der Waals surface area contributed by atoms with Gasteiger partial charge in [0.1, 0.15) is 6.54 Å². The number of pyridine rings is 1. The number of carbonyl (C=O) groups is 2. The van der Waals surface area contributed by atoms with Crippen LogP contribution in [-0.4, -0.2) is 27.8 Å². The van der Waals surface area contributed by atoms with Crippen LogP contribution >= 0.6 is 0 Å². The summed E-state index contributed by atoms with van der Waals surface area (Å²) in [4.78, 5) is 40.1. The lowest BCUT2D eigenvalue weighted by molar-refractivity contribution is -0.132. The van der Waals surface area contributed by atoms with Crippen molar-refractivity contribution in [2.24, 2.45) is 0 Å². The number of nitrogens with one attached hydrogen (secondary N) is 1. The molecule has 170 valence electrons. The second-order valence-corrected chi connectivity index (χ2v) is 8.66. The minimum absolute atomic E-state index is 0.0189. The standard InChI is InChI=1S/C27H29N3O3/c1-19-10-11-20(2)23(15-19)24-9-6-14-30(24)26(32)18-29-17-22(12-13-25(29)31)27(33)28-16-21-7-4-3-5-8-21/h3-5,7-8,10-13,15,17,24H,6,9,14,16,18H2,1-2H3,(H,28,33)/t24-/m0/s1. The highest BCUT2D eigenvalue weighted by molar-refractivity contribution is 5.93. The van der Waals surface area contributed by atoms with Gasteiger partial charge in [0.2, 0.25) is 5.91 Å². The summed E-state index contributed by atoms with van der Waals surface area (Å²) in [6.45, 7) is 5.10. The Hall–Kier alpha value is -3.67. The maximum Gasteiger partial charge on any atom is 0.253 e. The number of benzene rings is 2. The molecule has 6 nitrogen and oxygen atoms in total. The maximum atomic E-state index is 13.2. The first-order chi connectivity index (χ1) is 15.9. The summed E-state index contributed by atoms with van der Waals surface area (Å²) in [5, 5.41) is 2.86. The Bertz CT molecular complexity index is 1220. The molecule has 2 aromatic carbocycles. The van der Waals surface area contributed by atoms with Gasteiger partial charge in [-0.1, -0.05) is 54.1 Å². The van der Waals surface area contributed by atoms with Crippen LogP contribution in [-0.2, 0) is 17.9 Å². The summed E-state index contributed by atoms with van der Waals surface area (Å²) in [5.74, 6) is -0.392. The van der Waals surface area contributed by atoms with Gasteiger partial charge in [0, 0.05) is 25.4 Å². The van der Waals surface area contributed by atoms with Gasteiger partial charge in [-0.25, -0.2) is 0 Å². The predicted molar refractivity (Wildman–Crippen MR) is 128 cm³/mol. The number of nitrogens with zero attached hydrogens (tertiary/aromatic N) is 2. The van der Waals surface area contributed by atoms with Crippen molar-refractivity contribution in [2.45, 2.75) is 45.8 Å². The molecule has 4 rings (SSSR count). The third-order valence-electron chi connectivity index (χ3n) is 6.21. The van der Waals surface area contributed by atoms with E-state index in [0.29, 0.717) is 18.7 Å². The van der Waals surface area contributed by atoms with Gasteiger partial charge in [0.05, 0.1) is 11.6 Å². The quantitative estimate of drug-likeness (QED) is 0.631. The first-order valence-electron chi connectivity index (χ1n) is 11.3. The molecule has 3 aromatic rings. The average Bonchev–Trinajstić information content (AvgIpc) is 3.31. The van der Waals surface area contributed by atoms with E-state index in [4.69, 9.17) is 0 Å². The van der Waals surface area contributed by atoms with Gasteiger partial charge in [-0.3, -0.25) is 14.4 Å². The number of carbonyl (C=O) groups excluding carboxylic acids is 2. The molecule has 1 atom stereocenters. The number of likely N-dealkylation sites (tertiary alicyclic amines) is 1. The van der Waals surface area contributed by atoms with Crippen molar-refractivity contribution in [2.75, 3.05) is 6.54 Å². The van der Waals surface area contributed by atoms with Crippen molar-refractivity contribution >= 4 is 11.8 Å². The molecule has 0 spiro atoms. The van der Waals surface area contributed by atoms with Crippen LogP contribution in [0.1, 0.15) is 51.5 Å². The van der Waals surface area contributed by atoms with Gasteiger partial charge in [0.15, 0.2) is 0 Å². The fourth-order valence-corrected chi connectivity index (χ4v) is 4.41. The van der Waals surface area contributed by atoms with E-state index in [1.807, 2.05) is 35.2 Å². The van der Waals surface area contributed by atoms with E-state index in [1.54, 1.807) is 0 Å². The largest absolute Gasteiger partial charge is 0.348 e. The summed E-state index contributed by atoms with van der Waals surface area (Å²) in [7, 11) is 0. The van der Waals surface area contributed by atoms with Crippen LogP contribution in [0.25, 0.3) is 0 Å². The number of aromatic nitrogens is 1. The van der Waals surface area contributed by atoms with Crippen LogP contribution < -0.4 is 10.9 Å². The van der Waals surface area contributed by atoms with Gasteiger partial charge in [-0.05, 0) is 49.4 Å². The molecule has 0 radical (unpaired) electrons. The summed E-state index contributed by atoms with van der Waals surface area (Å²) in [6.07, 6.45) is 3.32. The van der Waals surface area contributed by atoms with E-state index in [1.165, 1.54) is 39.6 Å². The summed E-state index contributed by atoms with van der Waals surface area (Å²) >= 11 is 0. The lowest BCUT2D eigenvalue weighted by Crippen LogP contribution is -2.36. The minimum Gasteiger partial charge on any atom is -0.348 e. The van der Waals surface area contributed by atoms with Crippen molar-refractivity contribution in [1.82, 2.24) is 14.8 Å². The molecule has 1 aliphatic heterocycles. The van der Waals surface area contributed by atoms with Gasteiger partial charge in [0.25, 0.3) is 11.5 Å². The number of rotatable bonds is 6. The highest BCUT2D eigenvalue weighted by atomic mass is 16.2. The molecule has 1 fully saturated rings. The van der Waals surface area contributed by atoms with Gasteiger partial charge >= 0.3 is 0 Å². The van der Waals surface area contributed by atoms with Crippen molar-refractivity contribution in [3.05, 3.63) is 105 Å². The summed E-state index contributed by atoms with van der Waals surface area (Å²) in [5.41, 5.74) is 4.54. The number of aryl methyl sites for hydroxylation is 2. The highest BCUT2D eigenvalue weighted by Gasteiger charge is 2.31. The molecular formula is C27H29N3O3. The van der Waals surface area contributed by atoms with Crippen molar-refractivity contribution in [3.8, 4) is 0 Å². The highest BCUT2D eigenvalue weighted by Crippen LogP contribution is 2.34. The maximum absolute atomic E-state index is 13.2. The Balaban J connectivity index is 1.48. The Morgan fingerprint density at radius 2 is 1.82 bits per heavy atom. The second-order valence-electron chi connectivity index (χ2n) is 8.66. The third kappa shape index (κ3) is 5.22. The Kier molecular flexibility index (Phi) is 6.73. The molecule has 1 saturated heterocycles. The fourth-order valence-electron chi connectivity index (χ4n) is 4.41. The van der Waals surface area contributed by atoms with Crippen molar-refractivity contribution in [3.63, 3.8) is 0 Å². The zero-order valence-electron chi connectivity index (χ0n) is 19.1. The first kappa shape index (κ1) is 22.5. The molecule has 33 heavy (non-hydrogen) atoms. The smallest absolute Gasteiger partial charge is 0.253 e. The SMILES string of the molecule is Cc1ccc(C)c([C@@H]2CCCN2C(=O)Cn2cc(C(=O)NCc3ccccc3)ccc2=O)c1. The van der Waals surface area contributed by atoms with Crippen LogP contribution in [0.5, 0.6) is 0 Å². The molecule has 0 aliphatic carbocycles.